The summed E-state index contributed by atoms with van der Waals surface area (Å²) in [6, 6.07) is 25.8. The molecule has 0 atom stereocenters. The first-order valence-corrected chi connectivity index (χ1v) is 39.1. The van der Waals surface area contributed by atoms with E-state index in [1.807, 2.05) is 48.4 Å². The van der Waals surface area contributed by atoms with Gasteiger partial charge in [-0.3, -0.25) is 47.8 Å². The molecular weight excluding hydrogens is 1770 g/mol. The van der Waals surface area contributed by atoms with Gasteiger partial charge in [-0.2, -0.15) is 10.2 Å². The maximum Gasteiger partial charge on any atom is 0.495 e. The van der Waals surface area contributed by atoms with Crippen molar-refractivity contribution in [2.75, 3.05) is 6.26 Å². The zero-order valence-corrected chi connectivity index (χ0v) is 68.6. The van der Waals surface area contributed by atoms with Crippen LogP contribution in [0, 0.1) is 46.5 Å². The fourth-order valence-corrected chi connectivity index (χ4v) is 11.9. The summed E-state index contributed by atoms with van der Waals surface area (Å²) in [6.45, 7) is 8.87. The van der Waals surface area contributed by atoms with Crippen molar-refractivity contribution in [3.05, 3.63) is 285 Å². The molecule has 15 rings (SSSR count). The summed E-state index contributed by atoms with van der Waals surface area (Å²) >= 11 is 8.92. The standard InChI is InChI=1S/C22H15F2N5O.C14H19BN2O2.C14H8BrF2N3O.C8H7BrF2.C7H5BrF2O.C7H5N3O.CH3ClO2S.3CH4.B7/c1-28-10-16-14(3-2-4-20(16)27-28)13-7-18(23)17(19(24)8-13)11-29-12-26-21-9-25-6-5-15(21)22(29)30;1-13(2)14(3,4)19-15(18-13)11-7-6-8-12-10(11)9-17(5)16-12;15-8-3-11(16)10(12(17)4-8)6-20-7-19-13-5-18-2-1-9(13)14(20)21;1-2-6-7(10)3-5(9)4-8(6)11;8-4-1-6(9)5(3-11)7(10)2-4;11-7-5-1-2-8-3-6(5)9-4-10-7;1-5(2,3)4;;;;1-5-7(4)6(2)3/h2-10,12H,11H2,1H3;6-9H,1-5H3;1-5,7H,6H2;3-4H,2H2,1H3;1-2,11H,3H2;1-4H,(H,9,10,11);1H3;3*1H4;. The van der Waals surface area contributed by atoms with Gasteiger partial charge in [0.15, 0.2) is 0 Å². The number of nitrogens with zero attached hydrogens (tertiary/aromatic N) is 12. The fourth-order valence-electron chi connectivity index (χ4n) is 10.7. The van der Waals surface area contributed by atoms with Crippen LogP contribution in [0.5, 0.6) is 0 Å². The third kappa shape index (κ3) is 26.3. The number of aliphatic hydroxyl groups excluding tert-OH is 1. The van der Waals surface area contributed by atoms with Gasteiger partial charge < -0.3 is 19.4 Å². The fraction of sp³-hybridized carbons (Fsp3) is 0.224. The molecule has 0 bridgehead atoms. The van der Waals surface area contributed by atoms with Gasteiger partial charge in [0.2, 0.25) is 9.05 Å². The molecule has 14 aromatic rings. The largest absolute Gasteiger partial charge is 0.495 e. The second-order valence-electron chi connectivity index (χ2n) is 26.0. The second-order valence-corrected chi connectivity index (χ2v) is 31.8. The highest BCUT2D eigenvalue weighted by atomic mass is 79.9. The van der Waals surface area contributed by atoms with E-state index >= 15 is 0 Å². The molecule has 42 heteroatoms. The van der Waals surface area contributed by atoms with Crippen LogP contribution in [-0.4, -0.2) is 152 Å². The number of halogens is 12. The molecule has 1 fully saturated rings. The van der Waals surface area contributed by atoms with Gasteiger partial charge in [0, 0.05) is 153 Å². The zero-order valence-electron chi connectivity index (χ0n) is 62.2. The van der Waals surface area contributed by atoms with Crippen LogP contribution in [0.15, 0.2) is 199 Å². The van der Waals surface area contributed by atoms with Gasteiger partial charge in [0.1, 0.15) is 46.5 Å². The van der Waals surface area contributed by atoms with E-state index in [0.717, 1.165) is 62.4 Å². The van der Waals surface area contributed by atoms with Crippen LogP contribution in [0.1, 0.15) is 79.2 Å². The van der Waals surface area contributed by atoms with Crippen molar-refractivity contribution in [1.29, 1.82) is 0 Å². The third-order valence-corrected chi connectivity index (χ3v) is 18.5. The van der Waals surface area contributed by atoms with Crippen molar-refractivity contribution in [2.24, 2.45) is 14.1 Å². The monoisotopic (exact) mass is 1840 g/mol. The third-order valence-electron chi connectivity index (χ3n) is 17.2. The number of benzene rings is 6. The minimum Gasteiger partial charge on any atom is -0.399 e. The van der Waals surface area contributed by atoms with Gasteiger partial charge in [0.25, 0.3) is 16.7 Å². The van der Waals surface area contributed by atoms with Gasteiger partial charge in [-0.25, -0.2) is 58.5 Å². The highest BCUT2D eigenvalue weighted by Gasteiger charge is 2.52. The average Bonchev–Trinajstić information content (AvgIpc) is 1.58. The number of aliphatic hydroxyl groups is 1. The van der Waals surface area contributed by atoms with Gasteiger partial charge in [0.05, 0.1) is 118 Å². The van der Waals surface area contributed by atoms with Crippen molar-refractivity contribution in [3.8, 4) is 11.1 Å². The van der Waals surface area contributed by atoms with Crippen LogP contribution >= 0.6 is 58.5 Å². The zero-order chi connectivity index (χ0) is 84.6. The molecule has 118 heavy (non-hydrogen) atoms. The van der Waals surface area contributed by atoms with Crippen LogP contribution in [0.2, 0.25) is 0 Å². The lowest BCUT2D eigenvalue weighted by atomic mass is 8.76. The highest BCUT2D eigenvalue weighted by Crippen LogP contribution is 2.37. The number of aromatic nitrogens is 13. The van der Waals surface area contributed by atoms with Crippen molar-refractivity contribution in [2.45, 2.75) is 94.2 Å². The van der Waals surface area contributed by atoms with E-state index in [4.69, 9.17) is 45.4 Å². The lowest BCUT2D eigenvalue weighted by molar-refractivity contribution is 0.00578. The van der Waals surface area contributed by atoms with Gasteiger partial charge in [-0.15, -0.1) is 0 Å². The van der Waals surface area contributed by atoms with Crippen molar-refractivity contribution >= 4 is 185 Å². The van der Waals surface area contributed by atoms with E-state index in [1.54, 1.807) is 49.2 Å². The molecule has 605 valence electrons. The molecule has 21 nitrogen and oxygen atoms in total. The second kappa shape index (κ2) is 44.1. The van der Waals surface area contributed by atoms with Gasteiger partial charge in [-0.05, 0) is 130 Å². The van der Waals surface area contributed by atoms with Crippen molar-refractivity contribution < 1.29 is 58.0 Å². The first kappa shape index (κ1) is 99.2. The quantitative estimate of drug-likeness (QED) is 0.0732. The topological polar surface area (TPSA) is 263 Å². The SMILES string of the molecule is C.C.C.CCc1c(F)cc(Br)cc1F.CS(=O)(=O)Cl.Cn1cc2c(-c3cc(F)c(Cn4cnc5cnccc5c4=O)c(F)c3)cccc2n1.Cn1cc2c(B3OC(C)(C)C(C)(C)O3)cccc2n1.O=c1[nH]cnc2cnccc12.O=c1c2ccncc2ncn1Cc1c(F)cc(Br)cc1F.OCc1c(F)cc(Br)cc1F.[B][B]B([B])B([B])[B]. The van der Waals surface area contributed by atoms with Crippen LogP contribution in [0.25, 0.3) is 65.6 Å². The Morgan fingerprint density at radius 1 is 0.559 bits per heavy atom. The summed E-state index contributed by atoms with van der Waals surface area (Å²) in [4.78, 5) is 62.2. The molecule has 1 aliphatic heterocycles. The maximum atomic E-state index is 14.9. The molecule has 2 N–H and O–H groups in total. The highest BCUT2D eigenvalue weighted by molar-refractivity contribution is 9.11. The molecule has 9 heterocycles. The number of rotatable bonds is 10. The van der Waals surface area contributed by atoms with Crippen molar-refractivity contribution in [1.82, 2.24) is 63.6 Å². The molecule has 6 aromatic carbocycles. The normalized spacial score (nSPS) is 12.1. The Morgan fingerprint density at radius 3 is 1.32 bits per heavy atom. The van der Waals surface area contributed by atoms with Gasteiger partial charge in [-0.1, -0.05) is 101 Å². The minimum atomic E-state index is -3.19. The van der Waals surface area contributed by atoms with E-state index in [0.29, 0.717) is 63.7 Å². The number of hydrogen-bond acceptors (Lipinski definition) is 16. The molecule has 0 spiro atoms. The molecule has 9 radical (unpaired) electrons. The molecule has 1 saturated heterocycles. The molecule has 0 saturated carbocycles. The number of hydrogen-bond donors (Lipinski definition) is 2. The first-order valence-electron chi connectivity index (χ1n) is 34.0. The van der Waals surface area contributed by atoms with Gasteiger partial charge >= 0.3 is 7.12 Å². The van der Waals surface area contributed by atoms with Crippen LogP contribution in [-0.2, 0) is 58.6 Å². The molecule has 0 unspecified atom stereocenters. The Hall–Kier alpha value is -9.35. The molecule has 0 aliphatic carbocycles. The number of aromatic amines is 1. The minimum absolute atomic E-state index is 0. The number of H-pyrrole nitrogens is 1. The summed E-state index contributed by atoms with van der Waals surface area (Å²) in [6.07, 6.45) is 17.1. The van der Waals surface area contributed by atoms with E-state index < -0.39 is 68.6 Å². The molecule has 8 aromatic heterocycles. The van der Waals surface area contributed by atoms with E-state index in [-0.39, 0.29) is 99.0 Å². The van der Waals surface area contributed by atoms with Crippen LogP contribution < -0.4 is 22.1 Å². The molecular formula is C76H74B8Br3ClF8N13O8S. The van der Waals surface area contributed by atoms with Crippen LogP contribution in [0.4, 0.5) is 35.1 Å². The van der Waals surface area contributed by atoms with E-state index in [9.17, 15) is 57.9 Å². The summed E-state index contributed by atoms with van der Waals surface area (Å²) in [5, 5.41) is 20.4. The van der Waals surface area contributed by atoms with Crippen molar-refractivity contribution in [3.63, 3.8) is 0 Å². The smallest absolute Gasteiger partial charge is 0.399 e. The summed E-state index contributed by atoms with van der Waals surface area (Å²) in [7, 11) is 26.3. The molecule has 0 amide bonds. The van der Waals surface area contributed by atoms with E-state index in [2.05, 4.69) is 131 Å². The lowest BCUT2D eigenvalue weighted by Crippen LogP contribution is -2.43. The Morgan fingerprint density at radius 2 is 0.932 bits per heavy atom. The predicted octanol–water partition coefficient (Wildman–Crippen LogP) is 13.7. The predicted molar refractivity (Wildman–Crippen MR) is 467 cm³/mol. The first-order chi connectivity index (χ1) is 54.2. The Kier molecular flexibility index (Phi) is 37.1. The van der Waals surface area contributed by atoms with Crippen LogP contribution in [0.3, 0.4) is 0 Å². The summed E-state index contributed by atoms with van der Waals surface area (Å²) < 4.78 is 146. The number of pyridine rings is 3. The maximum absolute atomic E-state index is 14.9. The Bertz CT molecular complexity index is 5960. The number of nitrogens with one attached hydrogen (secondary N) is 1. The number of fused-ring (bicyclic) bond motifs is 5. The molecule has 1 aliphatic rings. The Balaban J connectivity index is 0.000000253. The average molecular weight is 1840 g/mol. The Labute approximate surface area is 712 Å². The lowest BCUT2D eigenvalue weighted by Gasteiger charge is -2.32. The summed E-state index contributed by atoms with van der Waals surface area (Å²) in [5.41, 5.74) is 3.28. The number of aryl methyl sites for hydroxylation is 2. The van der Waals surface area contributed by atoms with E-state index in [1.165, 1.54) is 91.8 Å². The summed E-state index contributed by atoms with van der Waals surface area (Å²) in [5.74, 6) is -5.34.